The number of hydrazine groups is 1. The maximum Gasteiger partial charge on any atom is 0.149 e. The number of nitrogens with zero attached hydrogens (tertiary/aromatic N) is 1. The minimum atomic E-state index is -0.342. The molecule has 0 aliphatic carbocycles. The van der Waals surface area contributed by atoms with Crippen molar-refractivity contribution < 1.29 is 4.39 Å². The Labute approximate surface area is 85.3 Å². The van der Waals surface area contributed by atoms with Crippen molar-refractivity contribution in [1.29, 1.82) is 0 Å². The molecule has 0 unspecified atom stereocenters. The highest BCUT2D eigenvalue weighted by Gasteiger charge is 2.25. The number of fused-ring (bicyclic) bond motifs is 1. The summed E-state index contributed by atoms with van der Waals surface area (Å²) in [6.45, 7) is 0. The largest absolute Gasteiger partial charge is 0.383 e. The smallest absolute Gasteiger partial charge is 0.149 e. The van der Waals surface area contributed by atoms with Crippen molar-refractivity contribution in [3.05, 3.63) is 35.8 Å². The molecule has 0 radical (unpaired) electrons. The van der Waals surface area contributed by atoms with Crippen LogP contribution in [0.3, 0.4) is 0 Å². The molecule has 0 saturated carbocycles. The van der Waals surface area contributed by atoms with Crippen molar-refractivity contribution in [2.24, 2.45) is 0 Å². The Morgan fingerprint density at radius 2 is 2.13 bits per heavy atom. The molecule has 2 aromatic rings. The summed E-state index contributed by atoms with van der Waals surface area (Å²) >= 11 is 0. The van der Waals surface area contributed by atoms with Gasteiger partial charge in [0.1, 0.15) is 17.8 Å². The van der Waals surface area contributed by atoms with Crippen molar-refractivity contribution in [2.45, 2.75) is 6.17 Å². The zero-order valence-electron chi connectivity index (χ0n) is 7.79. The fraction of sp³-hybridized carbons (Fsp3) is 0.100. The molecule has 1 aromatic heterocycles. The first-order valence-corrected chi connectivity index (χ1v) is 4.61. The Bertz CT molecular complexity index is 536. The van der Waals surface area contributed by atoms with Gasteiger partial charge in [-0.25, -0.2) is 20.2 Å². The number of nitrogen functional groups attached to an aromatic ring is 1. The van der Waals surface area contributed by atoms with E-state index in [-0.39, 0.29) is 12.0 Å². The summed E-state index contributed by atoms with van der Waals surface area (Å²) in [5.41, 5.74) is 12.4. The highest BCUT2D eigenvalue weighted by atomic mass is 19.1. The highest BCUT2D eigenvalue weighted by Crippen LogP contribution is 2.30. The number of anilines is 1. The number of nitrogens with two attached hydrogens (primary N) is 1. The van der Waals surface area contributed by atoms with Gasteiger partial charge in [0.2, 0.25) is 0 Å². The van der Waals surface area contributed by atoms with Crippen LogP contribution in [0.4, 0.5) is 10.2 Å². The molecule has 1 aliphatic heterocycles. The van der Waals surface area contributed by atoms with Crippen molar-refractivity contribution in [3.63, 3.8) is 0 Å². The van der Waals surface area contributed by atoms with Crippen LogP contribution in [0.1, 0.15) is 11.7 Å². The first-order valence-electron chi connectivity index (χ1n) is 4.61. The van der Waals surface area contributed by atoms with Crippen LogP contribution in [-0.4, -0.2) is 4.98 Å². The van der Waals surface area contributed by atoms with E-state index in [0.717, 1.165) is 11.8 Å². The van der Waals surface area contributed by atoms with Gasteiger partial charge in [0, 0.05) is 10.8 Å². The monoisotopic (exact) mass is 204 g/mol. The van der Waals surface area contributed by atoms with Gasteiger partial charge in [0.05, 0.1) is 6.20 Å². The van der Waals surface area contributed by atoms with E-state index < -0.39 is 0 Å². The third-order valence-corrected chi connectivity index (χ3v) is 2.53. The molecule has 0 bridgehead atoms. The molecular weight excluding hydrogens is 195 g/mol. The second-order valence-corrected chi connectivity index (χ2v) is 3.48. The Balaban J connectivity index is 2.41. The van der Waals surface area contributed by atoms with E-state index in [9.17, 15) is 4.39 Å². The Hall–Kier alpha value is -1.72. The first-order chi connectivity index (χ1) is 7.27. The van der Waals surface area contributed by atoms with Crippen molar-refractivity contribution >= 4 is 16.6 Å². The van der Waals surface area contributed by atoms with Crippen molar-refractivity contribution in [2.75, 3.05) is 5.73 Å². The molecule has 15 heavy (non-hydrogen) atoms. The average Bonchev–Trinajstić information content (AvgIpc) is 3.07. The van der Waals surface area contributed by atoms with E-state index in [1.165, 1.54) is 0 Å². The second kappa shape index (κ2) is 2.88. The van der Waals surface area contributed by atoms with E-state index in [2.05, 4.69) is 15.8 Å². The molecule has 0 atom stereocenters. The molecule has 1 fully saturated rings. The lowest BCUT2D eigenvalue weighted by Crippen LogP contribution is -1.97. The lowest BCUT2D eigenvalue weighted by atomic mass is 10.0. The van der Waals surface area contributed by atoms with Crippen molar-refractivity contribution in [1.82, 2.24) is 15.8 Å². The molecule has 1 aromatic carbocycles. The maximum atomic E-state index is 13.6. The molecule has 2 heterocycles. The summed E-state index contributed by atoms with van der Waals surface area (Å²) in [5.74, 6) is 0.0131. The average molecular weight is 204 g/mol. The van der Waals surface area contributed by atoms with Crippen LogP contribution >= 0.6 is 0 Å². The number of aromatic nitrogens is 1. The van der Waals surface area contributed by atoms with E-state index in [0.29, 0.717) is 16.6 Å². The summed E-state index contributed by atoms with van der Waals surface area (Å²) in [4.78, 5) is 3.79. The standard InChI is InChI=1S/C10H9FN4/c11-7-4-13-9(12)5-2-1-3-6(8(5)7)10-14-15-10/h1-4,10,14-15H,(H2,12,13). The van der Waals surface area contributed by atoms with Gasteiger partial charge in [-0.15, -0.1) is 0 Å². The number of nitrogens with one attached hydrogen (secondary N) is 2. The summed E-state index contributed by atoms with van der Waals surface area (Å²) in [5, 5.41) is 1.19. The van der Waals surface area contributed by atoms with Crippen LogP contribution in [0.15, 0.2) is 24.4 Å². The van der Waals surface area contributed by atoms with Crippen LogP contribution in [0.5, 0.6) is 0 Å². The van der Waals surface area contributed by atoms with Crippen LogP contribution in [0.2, 0.25) is 0 Å². The second-order valence-electron chi connectivity index (χ2n) is 3.48. The minimum Gasteiger partial charge on any atom is -0.383 e. The molecule has 0 amide bonds. The molecule has 4 N–H and O–H groups in total. The van der Waals surface area contributed by atoms with Gasteiger partial charge in [-0.3, -0.25) is 0 Å². The van der Waals surface area contributed by atoms with Gasteiger partial charge < -0.3 is 5.73 Å². The molecule has 3 rings (SSSR count). The van der Waals surface area contributed by atoms with Crippen LogP contribution in [0.25, 0.3) is 10.8 Å². The number of benzene rings is 1. The van der Waals surface area contributed by atoms with Gasteiger partial charge in [-0.2, -0.15) is 0 Å². The highest BCUT2D eigenvalue weighted by molar-refractivity contribution is 5.93. The first kappa shape index (κ1) is 8.58. The van der Waals surface area contributed by atoms with Gasteiger partial charge in [0.25, 0.3) is 0 Å². The molecule has 1 aliphatic rings. The Morgan fingerprint density at radius 3 is 2.87 bits per heavy atom. The quantitative estimate of drug-likeness (QED) is 0.606. The van der Waals surface area contributed by atoms with Crippen LogP contribution < -0.4 is 16.6 Å². The van der Waals surface area contributed by atoms with Crippen molar-refractivity contribution in [3.8, 4) is 0 Å². The predicted octanol–water partition coefficient (Wildman–Crippen LogP) is 1.06. The Kier molecular flexibility index (Phi) is 1.65. The van der Waals surface area contributed by atoms with E-state index in [4.69, 9.17) is 5.73 Å². The topological polar surface area (TPSA) is 82.8 Å². The van der Waals surface area contributed by atoms with Gasteiger partial charge in [-0.1, -0.05) is 18.2 Å². The lowest BCUT2D eigenvalue weighted by Gasteiger charge is -2.06. The zero-order chi connectivity index (χ0) is 10.4. The normalized spacial score (nSPS) is 15.8. The predicted molar refractivity (Wildman–Crippen MR) is 55.1 cm³/mol. The summed E-state index contributed by atoms with van der Waals surface area (Å²) in [6, 6.07) is 5.48. The number of halogens is 1. The molecule has 1 saturated heterocycles. The Morgan fingerprint density at radius 1 is 1.33 bits per heavy atom. The molecular formula is C10H9FN4. The van der Waals surface area contributed by atoms with Crippen LogP contribution in [0, 0.1) is 5.82 Å². The fourth-order valence-electron chi connectivity index (χ4n) is 1.75. The van der Waals surface area contributed by atoms with Crippen LogP contribution in [-0.2, 0) is 0 Å². The van der Waals surface area contributed by atoms with E-state index in [1.807, 2.05) is 12.1 Å². The third-order valence-electron chi connectivity index (χ3n) is 2.53. The number of rotatable bonds is 1. The number of pyridine rings is 1. The van der Waals surface area contributed by atoms with E-state index >= 15 is 0 Å². The summed E-state index contributed by atoms with van der Waals surface area (Å²) < 4.78 is 13.6. The summed E-state index contributed by atoms with van der Waals surface area (Å²) in [7, 11) is 0. The van der Waals surface area contributed by atoms with Gasteiger partial charge in [0.15, 0.2) is 0 Å². The number of hydrogen-bond donors (Lipinski definition) is 3. The zero-order valence-corrected chi connectivity index (χ0v) is 7.79. The molecule has 0 spiro atoms. The fourth-order valence-corrected chi connectivity index (χ4v) is 1.75. The summed E-state index contributed by atoms with van der Waals surface area (Å²) in [6.07, 6.45) is 1.17. The van der Waals surface area contributed by atoms with Gasteiger partial charge in [-0.05, 0) is 5.56 Å². The number of hydrogen-bond acceptors (Lipinski definition) is 4. The van der Waals surface area contributed by atoms with E-state index in [1.54, 1.807) is 6.07 Å². The molecule has 5 heteroatoms. The molecule has 76 valence electrons. The lowest BCUT2D eigenvalue weighted by molar-refractivity contribution is 0.633. The van der Waals surface area contributed by atoms with Gasteiger partial charge >= 0.3 is 0 Å². The minimum absolute atomic E-state index is 0.0185. The molecule has 4 nitrogen and oxygen atoms in total. The maximum absolute atomic E-state index is 13.6. The SMILES string of the molecule is Nc1ncc(F)c2c(C3NN3)cccc12. The third kappa shape index (κ3) is 1.25.